The molecule has 1 heterocycles. The molecule has 1 N–H and O–H groups in total. The van der Waals surface area contributed by atoms with Gasteiger partial charge >= 0.3 is 0 Å². The Morgan fingerprint density at radius 1 is 1.39 bits per heavy atom. The molecule has 0 bridgehead atoms. The Balaban J connectivity index is 2.25. The maximum Gasteiger partial charge on any atom is 0.257 e. The maximum absolute atomic E-state index is 13.0. The smallest absolute Gasteiger partial charge is 0.257 e. The number of amides is 1. The Hall–Kier alpha value is -1.75. The van der Waals surface area contributed by atoms with Gasteiger partial charge in [-0.25, -0.2) is 9.37 Å². The van der Waals surface area contributed by atoms with E-state index in [1.165, 1.54) is 18.2 Å². The number of halogens is 2. The minimum absolute atomic E-state index is 0.313. The summed E-state index contributed by atoms with van der Waals surface area (Å²) in [6.45, 7) is 1.69. The van der Waals surface area contributed by atoms with Crippen molar-refractivity contribution in [2.24, 2.45) is 0 Å². The fourth-order valence-electron chi connectivity index (χ4n) is 1.53. The summed E-state index contributed by atoms with van der Waals surface area (Å²) in [6.07, 6.45) is 1.58. The topological polar surface area (TPSA) is 42.0 Å². The second kappa shape index (κ2) is 5.27. The molecule has 5 heteroatoms. The monoisotopic (exact) mass is 308 g/mol. The number of carbonyl (C=O) groups is 1. The summed E-state index contributed by atoms with van der Waals surface area (Å²) >= 11 is 3.29. The van der Waals surface area contributed by atoms with Gasteiger partial charge in [0.1, 0.15) is 11.6 Å². The Morgan fingerprint density at radius 3 is 2.83 bits per heavy atom. The molecule has 0 fully saturated rings. The SMILES string of the molecule is Cc1cc(F)ccc1C(=O)Nc1ncccc1Br. The Morgan fingerprint density at radius 2 is 2.17 bits per heavy atom. The molecular weight excluding hydrogens is 299 g/mol. The molecule has 0 aliphatic rings. The number of aryl methyl sites for hydroxylation is 1. The number of nitrogens with one attached hydrogen (secondary N) is 1. The van der Waals surface area contributed by atoms with Crippen LogP contribution in [0.3, 0.4) is 0 Å². The van der Waals surface area contributed by atoms with Gasteiger partial charge in [0.25, 0.3) is 5.91 Å². The van der Waals surface area contributed by atoms with Gasteiger partial charge in [-0.15, -0.1) is 0 Å². The number of aromatic nitrogens is 1. The van der Waals surface area contributed by atoms with Crippen molar-refractivity contribution in [3.8, 4) is 0 Å². The minimum Gasteiger partial charge on any atom is -0.306 e. The van der Waals surface area contributed by atoms with Crippen molar-refractivity contribution in [3.05, 3.63) is 57.9 Å². The third kappa shape index (κ3) is 2.73. The number of pyridine rings is 1. The van der Waals surface area contributed by atoms with Crippen LogP contribution in [0.1, 0.15) is 15.9 Å². The third-order valence-corrected chi connectivity index (χ3v) is 3.06. The van der Waals surface area contributed by atoms with E-state index < -0.39 is 0 Å². The quantitative estimate of drug-likeness (QED) is 0.922. The highest BCUT2D eigenvalue weighted by Gasteiger charge is 2.11. The first-order chi connectivity index (χ1) is 8.58. The molecule has 0 aliphatic heterocycles. The first-order valence-corrected chi connectivity index (χ1v) is 6.05. The largest absolute Gasteiger partial charge is 0.306 e. The van der Waals surface area contributed by atoms with Gasteiger partial charge in [-0.2, -0.15) is 0 Å². The molecule has 1 amide bonds. The fraction of sp³-hybridized carbons (Fsp3) is 0.0769. The van der Waals surface area contributed by atoms with Gasteiger partial charge < -0.3 is 5.32 Å². The van der Waals surface area contributed by atoms with Gasteiger partial charge in [-0.05, 0) is 58.7 Å². The molecule has 1 aromatic carbocycles. The normalized spacial score (nSPS) is 10.2. The molecule has 1 aromatic heterocycles. The lowest BCUT2D eigenvalue weighted by Crippen LogP contribution is -2.14. The number of benzene rings is 1. The molecular formula is C13H10BrFN2O. The summed E-state index contributed by atoms with van der Waals surface area (Å²) in [5.74, 6) is -0.235. The average molecular weight is 309 g/mol. The van der Waals surface area contributed by atoms with E-state index in [1.807, 2.05) is 0 Å². The third-order valence-electron chi connectivity index (χ3n) is 2.42. The molecule has 2 aromatic rings. The molecule has 0 saturated heterocycles. The number of hydrogen-bond donors (Lipinski definition) is 1. The Labute approximate surface area is 112 Å². The molecule has 2 rings (SSSR count). The molecule has 0 spiro atoms. The molecule has 3 nitrogen and oxygen atoms in total. The van der Waals surface area contributed by atoms with Crippen molar-refractivity contribution < 1.29 is 9.18 Å². The molecule has 0 saturated carbocycles. The van der Waals surface area contributed by atoms with Crippen LogP contribution in [0.2, 0.25) is 0 Å². The molecule has 0 atom stereocenters. The first kappa shape index (κ1) is 12.7. The first-order valence-electron chi connectivity index (χ1n) is 5.26. The van der Waals surface area contributed by atoms with Crippen LogP contribution in [0.15, 0.2) is 41.0 Å². The predicted molar refractivity (Wildman–Crippen MR) is 71.0 cm³/mol. The molecule has 92 valence electrons. The molecule has 0 unspecified atom stereocenters. The van der Waals surface area contributed by atoms with Crippen LogP contribution in [0.4, 0.5) is 10.2 Å². The van der Waals surface area contributed by atoms with E-state index in [2.05, 4.69) is 26.2 Å². The van der Waals surface area contributed by atoms with Crippen molar-refractivity contribution in [1.29, 1.82) is 0 Å². The lowest BCUT2D eigenvalue weighted by atomic mass is 10.1. The summed E-state index contributed by atoms with van der Waals surface area (Å²) in [7, 11) is 0. The zero-order valence-corrected chi connectivity index (χ0v) is 11.2. The highest BCUT2D eigenvalue weighted by Crippen LogP contribution is 2.20. The Bertz CT molecular complexity index is 601. The van der Waals surface area contributed by atoms with Gasteiger partial charge in [-0.1, -0.05) is 0 Å². The lowest BCUT2D eigenvalue weighted by Gasteiger charge is -2.08. The van der Waals surface area contributed by atoms with Gasteiger partial charge in [-0.3, -0.25) is 4.79 Å². The zero-order chi connectivity index (χ0) is 13.1. The van der Waals surface area contributed by atoms with E-state index >= 15 is 0 Å². The fourth-order valence-corrected chi connectivity index (χ4v) is 1.89. The van der Waals surface area contributed by atoms with Crippen LogP contribution in [0, 0.1) is 12.7 Å². The highest BCUT2D eigenvalue weighted by atomic mass is 79.9. The maximum atomic E-state index is 13.0. The van der Waals surface area contributed by atoms with Crippen LogP contribution in [0.5, 0.6) is 0 Å². The van der Waals surface area contributed by atoms with E-state index in [4.69, 9.17) is 0 Å². The van der Waals surface area contributed by atoms with Crippen LogP contribution < -0.4 is 5.32 Å². The van der Waals surface area contributed by atoms with Crippen molar-refractivity contribution in [2.45, 2.75) is 6.92 Å². The predicted octanol–water partition coefficient (Wildman–Crippen LogP) is 3.54. The average Bonchev–Trinajstić information content (AvgIpc) is 2.32. The number of anilines is 1. The lowest BCUT2D eigenvalue weighted by molar-refractivity contribution is 0.102. The highest BCUT2D eigenvalue weighted by molar-refractivity contribution is 9.10. The summed E-state index contributed by atoms with van der Waals surface area (Å²) in [6, 6.07) is 7.57. The summed E-state index contributed by atoms with van der Waals surface area (Å²) in [5.41, 5.74) is 1.01. The Kier molecular flexibility index (Phi) is 3.72. The number of carbonyl (C=O) groups excluding carboxylic acids is 1. The van der Waals surface area contributed by atoms with Gasteiger partial charge in [0.05, 0.1) is 4.47 Å². The number of rotatable bonds is 2. The molecule has 18 heavy (non-hydrogen) atoms. The van der Waals surface area contributed by atoms with E-state index in [1.54, 1.807) is 25.3 Å². The minimum atomic E-state index is -0.358. The summed E-state index contributed by atoms with van der Waals surface area (Å²) < 4.78 is 13.6. The number of nitrogens with zero attached hydrogens (tertiary/aromatic N) is 1. The second-order valence-electron chi connectivity index (χ2n) is 3.75. The van der Waals surface area contributed by atoms with Crippen LogP contribution in [0.25, 0.3) is 0 Å². The van der Waals surface area contributed by atoms with Gasteiger partial charge in [0.15, 0.2) is 0 Å². The van der Waals surface area contributed by atoms with Crippen molar-refractivity contribution >= 4 is 27.7 Å². The standard InChI is InChI=1S/C13H10BrFN2O/c1-8-7-9(15)4-5-10(8)13(18)17-12-11(14)3-2-6-16-12/h2-7H,1H3,(H,16,17,18). The molecule has 0 aliphatic carbocycles. The van der Waals surface area contributed by atoms with Gasteiger partial charge in [0.2, 0.25) is 0 Å². The second-order valence-corrected chi connectivity index (χ2v) is 4.60. The van der Waals surface area contributed by atoms with Crippen molar-refractivity contribution in [1.82, 2.24) is 4.98 Å². The van der Waals surface area contributed by atoms with E-state index in [9.17, 15) is 9.18 Å². The van der Waals surface area contributed by atoms with Gasteiger partial charge in [0, 0.05) is 11.8 Å². The molecule has 0 radical (unpaired) electrons. The van der Waals surface area contributed by atoms with Crippen molar-refractivity contribution in [3.63, 3.8) is 0 Å². The van der Waals surface area contributed by atoms with Crippen LogP contribution in [-0.2, 0) is 0 Å². The number of hydrogen-bond acceptors (Lipinski definition) is 2. The van der Waals surface area contributed by atoms with Crippen LogP contribution in [-0.4, -0.2) is 10.9 Å². The van der Waals surface area contributed by atoms with Crippen molar-refractivity contribution in [2.75, 3.05) is 5.32 Å². The zero-order valence-electron chi connectivity index (χ0n) is 9.58. The van der Waals surface area contributed by atoms with E-state index in [0.717, 1.165) is 0 Å². The van der Waals surface area contributed by atoms with E-state index in [-0.39, 0.29) is 11.7 Å². The summed E-state index contributed by atoms with van der Waals surface area (Å²) in [5, 5.41) is 2.67. The summed E-state index contributed by atoms with van der Waals surface area (Å²) in [4.78, 5) is 16.0. The van der Waals surface area contributed by atoms with Crippen LogP contribution >= 0.6 is 15.9 Å². The van der Waals surface area contributed by atoms with E-state index in [0.29, 0.717) is 21.4 Å².